The van der Waals surface area contributed by atoms with E-state index in [2.05, 4.69) is 18.7 Å². The Labute approximate surface area is 179 Å². The molecule has 3 heterocycles. The minimum absolute atomic E-state index is 0.0138. The average molecular weight is 418 g/mol. The lowest BCUT2D eigenvalue weighted by Crippen LogP contribution is -2.36. The molecular formula is C24H35NO3S. The van der Waals surface area contributed by atoms with Gasteiger partial charge in [0, 0.05) is 30.1 Å². The predicted molar refractivity (Wildman–Crippen MR) is 128 cm³/mol. The van der Waals surface area contributed by atoms with Crippen molar-refractivity contribution in [1.82, 2.24) is 0 Å². The molecule has 1 aliphatic heterocycles. The van der Waals surface area contributed by atoms with E-state index in [9.17, 15) is 4.79 Å². The van der Waals surface area contributed by atoms with Crippen LogP contribution >= 0.6 is 11.3 Å². The number of allylic oxidation sites excluding steroid dienone is 6. The van der Waals surface area contributed by atoms with E-state index in [-0.39, 0.29) is 5.43 Å². The Kier molecular flexibility index (Phi) is 12.0. The number of hydrogen-bond acceptors (Lipinski definition) is 5. The van der Waals surface area contributed by atoms with Crippen molar-refractivity contribution in [2.75, 3.05) is 31.2 Å². The number of rotatable bonds is 4. The summed E-state index contributed by atoms with van der Waals surface area (Å²) in [7, 11) is 0. The van der Waals surface area contributed by atoms with Crippen molar-refractivity contribution in [3.05, 3.63) is 57.6 Å². The third-order valence-electron chi connectivity index (χ3n) is 3.88. The van der Waals surface area contributed by atoms with E-state index in [0.29, 0.717) is 29.4 Å². The van der Waals surface area contributed by atoms with Gasteiger partial charge in [0.05, 0.1) is 13.2 Å². The number of hydrogen-bond donors (Lipinski definition) is 0. The lowest BCUT2D eigenvalue weighted by atomic mass is 10.1. The van der Waals surface area contributed by atoms with E-state index >= 15 is 0 Å². The van der Waals surface area contributed by atoms with Crippen LogP contribution in [0.4, 0.5) is 5.88 Å². The number of fused-ring (bicyclic) bond motifs is 1. The molecule has 2 aromatic heterocycles. The molecule has 4 nitrogen and oxygen atoms in total. The molecule has 0 spiro atoms. The third kappa shape index (κ3) is 7.02. The average Bonchev–Trinajstić information content (AvgIpc) is 3.18. The van der Waals surface area contributed by atoms with Crippen molar-refractivity contribution in [1.29, 1.82) is 0 Å². The summed E-state index contributed by atoms with van der Waals surface area (Å²) in [6, 6.07) is 1.60. The third-order valence-corrected chi connectivity index (χ3v) is 4.85. The van der Waals surface area contributed by atoms with Gasteiger partial charge < -0.3 is 14.1 Å². The summed E-state index contributed by atoms with van der Waals surface area (Å²) < 4.78 is 12.2. The SMILES string of the molecule is CC.CCC.C\C=C/C=C(\C=C/C)c1csc2c(=O)cc(N3CCOCC3)oc12. The summed E-state index contributed by atoms with van der Waals surface area (Å²) >= 11 is 1.44. The highest BCUT2D eigenvalue weighted by Crippen LogP contribution is 2.32. The zero-order chi connectivity index (χ0) is 21.6. The lowest BCUT2D eigenvalue weighted by Gasteiger charge is -2.27. The molecule has 1 saturated heterocycles. The number of morpholine rings is 1. The number of thiophene rings is 1. The second-order valence-corrected chi connectivity index (χ2v) is 7.09. The summed E-state index contributed by atoms with van der Waals surface area (Å²) in [5, 5.41) is 1.99. The molecule has 0 radical (unpaired) electrons. The highest BCUT2D eigenvalue weighted by atomic mass is 32.1. The molecule has 0 unspecified atom stereocenters. The van der Waals surface area contributed by atoms with Gasteiger partial charge in [-0.3, -0.25) is 4.79 Å². The van der Waals surface area contributed by atoms with Gasteiger partial charge in [-0.15, -0.1) is 11.3 Å². The van der Waals surface area contributed by atoms with Crippen LogP contribution in [0.15, 0.2) is 51.0 Å². The molecule has 3 rings (SSSR count). The van der Waals surface area contributed by atoms with E-state index in [1.807, 2.05) is 63.5 Å². The van der Waals surface area contributed by atoms with Crippen LogP contribution in [0.3, 0.4) is 0 Å². The van der Waals surface area contributed by atoms with Gasteiger partial charge in [0.15, 0.2) is 11.5 Å². The van der Waals surface area contributed by atoms with Crippen LogP contribution in [0.2, 0.25) is 0 Å². The second-order valence-electron chi connectivity index (χ2n) is 6.21. The first-order valence-electron chi connectivity index (χ1n) is 10.5. The van der Waals surface area contributed by atoms with E-state index in [1.165, 1.54) is 17.8 Å². The van der Waals surface area contributed by atoms with Crippen molar-refractivity contribution < 1.29 is 9.15 Å². The fraction of sp³-hybridized carbons (Fsp3) is 0.458. The van der Waals surface area contributed by atoms with Crippen molar-refractivity contribution in [2.24, 2.45) is 0 Å². The molecule has 0 aliphatic carbocycles. The molecular weight excluding hydrogens is 382 g/mol. The zero-order valence-corrected chi connectivity index (χ0v) is 19.5. The molecule has 160 valence electrons. The van der Waals surface area contributed by atoms with Crippen LogP contribution in [0, 0.1) is 0 Å². The second kappa shape index (κ2) is 14.0. The van der Waals surface area contributed by atoms with Crippen LogP contribution in [-0.2, 0) is 4.74 Å². The maximum Gasteiger partial charge on any atom is 0.204 e. The Hall–Kier alpha value is -2.11. The zero-order valence-electron chi connectivity index (χ0n) is 18.7. The fourth-order valence-electron chi connectivity index (χ4n) is 2.68. The molecule has 1 aliphatic rings. The van der Waals surface area contributed by atoms with E-state index in [4.69, 9.17) is 9.15 Å². The van der Waals surface area contributed by atoms with Crippen LogP contribution in [0.1, 0.15) is 53.5 Å². The molecule has 0 atom stereocenters. The maximum absolute atomic E-state index is 12.5. The minimum Gasteiger partial charge on any atom is -0.439 e. The van der Waals surface area contributed by atoms with Crippen molar-refractivity contribution >= 4 is 33.1 Å². The molecule has 5 heteroatoms. The van der Waals surface area contributed by atoms with Crippen LogP contribution in [0.25, 0.3) is 15.9 Å². The highest BCUT2D eigenvalue weighted by molar-refractivity contribution is 7.17. The summed E-state index contributed by atoms with van der Waals surface area (Å²) in [6.07, 6.45) is 11.3. The van der Waals surface area contributed by atoms with Gasteiger partial charge in [-0.05, 0) is 19.4 Å². The largest absolute Gasteiger partial charge is 0.439 e. The van der Waals surface area contributed by atoms with E-state index in [1.54, 1.807) is 6.07 Å². The van der Waals surface area contributed by atoms with Gasteiger partial charge in [0.25, 0.3) is 0 Å². The Morgan fingerprint density at radius 3 is 2.41 bits per heavy atom. The van der Waals surface area contributed by atoms with Gasteiger partial charge in [-0.1, -0.05) is 64.5 Å². The molecule has 0 bridgehead atoms. The summed E-state index contributed by atoms with van der Waals surface area (Å²) in [5.74, 6) is 0.626. The van der Waals surface area contributed by atoms with Gasteiger partial charge in [-0.2, -0.15) is 0 Å². The first kappa shape index (κ1) is 24.9. The quantitative estimate of drug-likeness (QED) is 0.521. The van der Waals surface area contributed by atoms with Crippen LogP contribution in [0.5, 0.6) is 0 Å². The summed E-state index contributed by atoms with van der Waals surface area (Å²) in [6.45, 7) is 15.0. The van der Waals surface area contributed by atoms with Crippen molar-refractivity contribution in [2.45, 2.75) is 48.0 Å². The number of anilines is 1. The van der Waals surface area contributed by atoms with Gasteiger partial charge in [0.2, 0.25) is 5.43 Å². The topological polar surface area (TPSA) is 42.7 Å². The van der Waals surface area contributed by atoms with Crippen LogP contribution in [-0.4, -0.2) is 26.3 Å². The fourth-order valence-corrected chi connectivity index (χ4v) is 3.60. The summed E-state index contributed by atoms with van der Waals surface area (Å²) in [5.41, 5.74) is 2.67. The smallest absolute Gasteiger partial charge is 0.204 e. The Morgan fingerprint density at radius 2 is 1.83 bits per heavy atom. The minimum atomic E-state index is 0.0138. The van der Waals surface area contributed by atoms with E-state index < -0.39 is 0 Å². The summed E-state index contributed by atoms with van der Waals surface area (Å²) in [4.78, 5) is 14.6. The molecule has 29 heavy (non-hydrogen) atoms. The predicted octanol–water partition coefficient (Wildman–Crippen LogP) is 6.67. The van der Waals surface area contributed by atoms with Crippen molar-refractivity contribution in [3.8, 4) is 0 Å². The number of nitrogens with zero attached hydrogens (tertiary/aromatic N) is 1. The normalized spacial score (nSPS) is 14.7. The first-order valence-corrected chi connectivity index (χ1v) is 11.4. The monoisotopic (exact) mass is 417 g/mol. The molecule has 1 fully saturated rings. The van der Waals surface area contributed by atoms with Gasteiger partial charge >= 0.3 is 0 Å². The molecule has 0 saturated carbocycles. The van der Waals surface area contributed by atoms with E-state index in [0.717, 1.165) is 24.2 Å². The van der Waals surface area contributed by atoms with Crippen molar-refractivity contribution in [3.63, 3.8) is 0 Å². The highest BCUT2D eigenvalue weighted by Gasteiger charge is 2.18. The number of ether oxygens (including phenoxy) is 1. The maximum atomic E-state index is 12.5. The molecule has 0 N–H and O–H groups in total. The Morgan fingerprint density at radius 1 is 1.17 bits per heavy atom. The molecule has 0 aromatic carbocycles. The standard InChI is InChI=1S/C19H21NO3S.C3H8.C2H6/c1-3-5-7-14(6-4-2)15-13-24-19-16(21)12-17(23-18(15)19)20-8-10-22-11-9-20;1-3-2;1-2/h3-7,12-13H,8-11H2,1-2H3;3H2,1-2H3;1-2H3/b5-3-,6-4-,14-7+;;. The Balaban J connectivity index is 0.000000771. The van der Waals surface area contributed by atoms with Crippen LogP contribution < -0.4 is 10.3 Å². The van der Waals surface area contributed by atoms with Gasteiger partial charge in [-0.25, -0.2) is 0 Å². The van der Waals surface area contributed by atoms with Gasteiger partial charge in [0.1, 0.15) is 4.70 Å². The molecule has 2 aromatic rings. The first-order chi connectivity index (χ1) is 14.2. The Bertz CT molecular complexity index is 868. The molecule has 0 amide bonds. The lowest BCUT2D eigenvalue weighted by molar-refractivity contribution is 0.121.